The summed E-state index contributed by atoms with van der Waals surface area (Å²) in [5.74, 6) is -0.430. The number of nitrogens with zero attached hydrogens (tertiary/aromatic N) is 1. The Hall–Kier alpha value is -1.68. The number of benzene rings is 1. The maximum Gasteiger partial charge on any atom is 0.275 e. The molecule has 0 bridgehead atoms. The minimum absolute atomic E-state index is 0.0403. The number of piperazine rings is 1. The number of rotatable bonds is 8. The summed E-state index contributed by atoms with van der Waals surface area (Å²) in [6, 6.07) is 6.20. The zero-order valence-corrected chi connectivity index (χ0v) is 16.9. The van der Waals surface area contributed by atoms with E-state index in [-0.39, 0.29) is 29.8 Å². The molecule has 0 saturated carbocycles. The molecular weight excluding hydrogens is 392 g/mol. The molecule has 3 N–H and O–H groups in total. The largest absolute Gasteiger partial charge is 0.355 e. The minimum atomic E-state index is -3.58. The maximum atomic E-state index is 12.7. The van der Waals surface area contributed by atoms with Crippen LogP contribution in [0.1, 0.15) is 13.3 Å². The van der Waals surface area contributed by atoms with Crippen molar-refractivity contribution in [3.05, 3.63) is 29.3 Å². The van der Waals surface area contributed by atoms with E-state index in [0.717, 1.165) is 11.3 Å². The molecule has 1 aromatic rings. The van der Waals surface area contributed by atoms with Gasteiger partial charge in [-0.3, -0.25) is 9.59 Å². The molecule has 27 heavy (non-hydrogen) atoms. The van der Waals surface area contributed by atoms with E-state index in [2.05, 4.69) is 10.6 Å². The molecule has 1 aromatic carbocycles. The normalized spacial score (nSPS) is 16.1. The van der Waals surface area contributed by atoms with Gasteiger partial charge >= 0.3 is 0 Å². The Morgan fingerprint density at radius 1 is 1.19 bits per heavy atom. The molecule has 0 unspecified atom stereocenters. The Kier molecular flexibility index (Phi) is 8.03. The van der Waals surface area contributed by atoms with E-state index in [1.807, 2.05) is 6.92 Å². The molecule has 0 aromatic heterocycles. The van der Waals surface area contributed by atoms with Gasteiger partial charge in [0.15, 0.2) is 6.54 Å². The Morgan fingerprint density at radius 3 is 2.52 bits per heavy atom. The zero-order chi connectivity index (χ0) is 19.9. The van der Waals surface area contributed by atoms with Gasteiger partial charge in [-0.25, -0.2) is 8.42 Å². The first-order valence-electron chi connectivity index (χ1n) is 8.95. The predicted molar refractivity (Wildman–Crippen MR) is 102 cm³/mol. The third-order valence-corrected chi connectivity index (χ3v) is 6.42. The SMILES string of the molecule is CCCNC(=O)CNC(=O)C[NH+]1CCN(S(=O)(=O)c2cccc(Cl)c2)CC1. The first-order chi connectivity index (χ1) is 12.8. The van der Waals surface area contributed by atoms with Gasteiger partial charge in [-0.2, -0.15) is 4.31 Å². The molecule has 8 nitrogen and oxygen atoms in total. The Labute approximate surface area is 164 Å². The number of quaternary nitrogens is 1. The number of carbonyl (C=O) groups excluding carboxylic acids is 2. The lowest BCUT2D eigenvalue weighted by molar-refractivity contribution is -0.895. The van der Waals surface area contributed by atoms with Gasteiger partial charge in [0.05, 0.1) is 37.6 Å². The Bertz CT molecular complexity index is 764. The molecule has 0 aliphatic carbocycles. The van der Waals surface area contributed by atoms with Gasteiger partial charge in [0.1, 0.15) is 0 Å². The summed E-state index contributed by atoms with van der Waals surface area (Å²) >= 11 is 5.89. The van der Waals surface area contributed by atoms with Crippen LogP contribution in [0.4, 0.5) is 0 Å². The third-order valence-electron chi connectivity index (χ3n) is 4.29. The Morgan fingerprint density at radius 2 is 1.89 bits per heavy atom. The molecule has 1 fully saturated rings. The second-order valence-electron chi connectivity index (χ2n) is 6.41. The van der Waals surface area contributed by atoms with Crippen molar-refractivity contribution in [1.82, 2.24) is 14.9 Å². The van der Waals surface area contributed by atoms with E-state index in [1.54, 1.807) is 12.1 Å². The van der Waals surface area contributed by atoms with E-state index in [1.165, 1.54) is 16.4 Å². The second kappa shape index (κ2) is 10.0. The number of hydrogen-bond donors (Lipinski definition) is 3. The van der Waals surface area contributed by atoms with E-state index in [0.29, 0.717) is 37.7 Å². The number of carbonyl (C=O) groups is 2. The summed E-state index contributed by atoms with van der Waals surface area (Å²) in [6.45, 7) is 4.42. The lowest BCUT2D eigenvalue weighted by Crippen LogP contribution is -3.15. The second-order valence-corrected chi connectivity index (χ2v) is 8.79. The molecule has 1 saturated heterocycles. The lowest BCUT2D eigenvalue weighted by Gasteiger charge is -2.31. The number of nitrogens with one attached hydrogen (secondary N) is 3. The van der Waals surface area contributed by atoms with Gasteiger partial charge in [0.25, 0.3) is 5.91 Å². The molecular formula is C17H26ClN4O4S+. The highest BCUT2D eigenvalue weighted by atomic mass is 35.5. The predicted octanol–water partition coefficient (Wildman–Crippen LogP) is -1.13. The highest BCUT2D eigenvalue weighted by Crippen LogP contribution is 2.19. The van der Waals surface area contributed by atoms with Gasteiger partial charge in [-0.05, 0) is 24.6 Å². The fourth-order valence-electron chi connectivity index (χ4n) is 2.79. The maximum absolute atomic E-state index is 12.7. The van der Waals surface area contributed by atoms with Crippen LogP contribution >= 0.6 is 11.6 Å². The topological polar surface area (TPSA) is 100 Å². The number of halogens is 1. The Balaban J connectivity index is 1.79. The molecule has 2 rings (SSSR count). The van der Waals surface area contributed by atoms with Crippen LogP contribution in [-0.4, -0.2) is 70.4 Å². The van der Waals surface area contributed by atoms with Crippen LogP contribution in [0.25, 0.3) is 0 Å². The van der Waals surface area contributed by atoms with Gasteiger partial charge in [-0.15, -0.1) is 0 Å². The number of hydrogen-bond acceptors (Lipinski definition) is 4. The van der Waals surface area contributed by atoms with Crippen molar-refractivity contribution in [2.75, 3.05) is 45.8 Å². The first-order valence-corrected chi connectivity index (χ1v) is 10.8. The minimum Gasteiger partial charge on any atom is -0.355 e. The van der Waals surface area contributed by atoms with Crippen LogP contribution in [-0.2, 0) is 19.6 Å². The van der Waals surface area contributed by atoms with Crippen LogP contribution in [0.2, 0.25) is 5.02 Å². The van der Waals surface area contributed by atoms with E-state index < -0.39 is 10.0 Å². The highest BCUT2D eigenvalue weighted by Gasteiger charge is 2.31. The van der Waals surface area contributed by atoms with Crippen LogP contribution in [0.5, 0.6) is 0 Å². The molecule has 1 heterocycles. The standard InChI is InChI=1S/C17H25ClN4O4S/c1-2-6-19-16(23)12-20-17(24)13-21-7-9-22(10-8-21)27(25,26)15-5-3-4-14(18)11-15/h3-5,11H,2,6-10,12-13H2,1H3,(H,19,23)(H,20,24)/p+1. The summed E-state index contributed by atoms with van der Waals surface area (Å²) in [5, 5.41) is 5.66. The van der Waals surface area contributed by atoms with E-state index in [4.69, 9.17) is 11.6 Å². The average molecular weight is 418 g/mol. The molecule has 0 spiro atoms. The van der Waals surface area contributed by atoms with Crippen molar-refractivity contribution in [3.8, 4) is 0 Å². The van der Waals surface area contributed by atoms with Gasteiger partial charge in [-0.1, -0.05) is 24.6 Å². The molecule has 0 radical (unpaired) electrons. The smallest absolute Gasteiger partial charge is 0.275 e. The van der Waals surface area contributed by atoms with Gasteiger partial charge < -0.3 is 15.5 Å². The van der Waals surface area contributed by atoms with Crippen LogP contribution in [0.3, 0.4) is 0 Å². The quantitative estimate of drug-likeness (QED) is 0.498. The molecule has 1 aliphatic rings. The van der Waals surface area contributed by atoms with E-state index >= 15 is 0 Å². The van der Waals surface area contributed by atoms with E-state index in [9.17, 15) is 18.0 Å². The summed E-state index contributed by atoms with van der Waals surface area (Å²) in [4.78, 5) is 24.6. The van der Waals surface area contributed by atoms with Crippen LogP contribution in [0.15, 0.2) is 29.2 Å². The van der Waals surface area contributed by atoms with Crippen molar-refractivity contribution in [2.24, 2.45) is 0 Å². The molecule has 2 amide bonds. The monoisotopic (exact) mass is 417 g/mol. The molecule has 1 aliphatic heterocycles. The van der Waals surface area contributed by atoms with Crippen molar-refractivity contribution < 1.29 is 22.9 Å². The fraction of sp³-hybridized carbons (Fsp3) is 0.529. The third kappa shape index (κ3) is 6.46. The van der Waals surface area contributed by atoms with Gasteiger partial charge in [0, 0.05) is 11.6 Å². The average Bonchev–Trinajstić information content (AvgIpc) is 2.65. The summed E-state index contributed by atoms with van der Waals surface area (Å²) in [5.41, 5.74) is 0. The number of amides is 2. The number of sulfonamides is 1. The van der Waals surface area contributed by atoms with Crippen molar-refractivity contribution in [1.29, 1.82) is 0 Å². The van der Waals surface area contributed by atoms with Crippen LogP contribution < -0.4 is 15.5 Å². The van der Waals surface area contributed by atoms with Crippen LogP contribution in [0, 0.1) is 0 Å². The molecule has 0 atom stereocenters. The van der Waals surface area contributed by atoms with Gasteiger partial charge in [0.2, 0.25) is 15.9 Å². The molecule has 10 heteroatoms. The molecule has 150 valence electrons. The zero-order valence-electron chi connectivity index (χ0n) is 15.3. The highest BCUT2D eigenvalue weighted by molar-refractivity contribution is 7.89. The van der Waals surface area contributed by atoms with Crippen molar-refractivity contribution >= 4 is 33.4 Å². The van der Waals surface area contributed by atoms with Crippen molar-refractivity contribution in [2.45, 2.75) is 18.2 Å². The first kappa shape index (κ1) is 21.6. The fourth-order valence-corrected chi connectivity index (χ4v) is 4.53. The summed E-state index contributed by atoms with van der Waals surface area (Å²) in [6.07, 6.45) is 0.839. The lowest BCUT2D eigenvalue weighted by atomic mass is 10.3. The summed E-state index contributed by atoms with van der Waals surface area (Å²) in [7, 11) is -3.58. The van der Waals surface area contributed by atoms with Crippen molar-refractivity contribution in [3.63, 3.8) is 0 Å². The summed E-state index contributed by atoms with van der Waals surface area (Å²) < 4.78 is 26.7.